The fraction of sp³-hybridized carbons (Fsp3) is 0. The number of carbonyl (C=O) groups excluding carboxylic acids is 1. The number of nitrogen functional groups attached to an aromatic ring is 1. The van der Waals surface area contributed by atoms with Gasteiger partial charge in [0.05, 0.1) is 0 Å². The van der Waals surface area contributed by atoms with Crippen molar-refractivity contribution in [1.29, 1.82) is 0 Å². The maximum absolute atomic E-state index is 12.8. The Balaban J connectivity index is 2.79. The lowest BCUT2D eigenvalue weighted by atomic mass is 10.4. The zero-order valence-corrected chi connectivity index (χ0v) is 7.07. The molecule has 0 saturated heterocycles. The van der Waals surface area contributed by atoms with Crippen molar-refractivity contribution in [2.75, 3.05) is 5.73 Å². The van der Waals surface area contributed by atoms with Crippen molar-refractivity contribution in [3.05, 3.63) is 29.8 Å². The molecule has 1 amide bonds. The lowest BCUT2D eigenvalue weighted by Gasteiger charge is -1.94. The molecule has 0 aliphatic carbocycles. The van der Waals surface area contributed by atoms with E-state index in [-0.39, 0.29) is 17.2 Å². The Kier molecular flexibility index (Phi) is 1.63. The number of imidazole rings is 1. The van der Waals surface area contributed by atoms with Crippen LogP contribution in [0.5, 0.6) is 0 Å². The predicted molar refractivity (Wildman–Crippen MR) is 48.1 cm³/mol. The molecule has 2 rings (SSSR count). The van der Waals surface area contributed by atoms with Gasteiger partial charge in [-0.05, 0) is 6.07 Å². The Morgan fingerprint density at radius 1 is 1.57 bits per heavy atom. The maximum atomic E-state index is 12.8. The van der Waals surface area contributed by atoms with Gasteiger partial charge < -0.3 is 11.5 Å². The predicted octanol–water partition coefficient (Wildman–Crippen LogP) is 0.154. The molecule has 0 bridgehead atoms. The quantitative estimate of drug-likeness (QED) is 0.677. The highest BCUT2D eigenvalue weighted by Crippen LogP contribution is 2.14. The van der Waals surface area contributed by atoms with Crippen LogP contribution < -0.4 is 11.5 Å². The molecule has 0 aliphatic heterocycles. The standard InChI is InChI=1S/C8H7FN4O/c9-4-1-2-13-5(3-4)12-6(7(13)10)8(11)14/h1-3H,10H2,(H2,11,14). The van der Waals surface area contributed by atoms with Crippen LogP contribution in [0.3, 0.4) is 0 Å². The van der Waals surface area contributed by atoms with E-state index in [9.17, 15) is 9.18 Å². The normalized spacial score (nSPS) is 10.6. The lowest BCUT2D eigenvalue weighted by Crippen LogP contribution is -2.13. The van der Waals surface area contributed by atoms with Gasteiger partial charge in [0.2, 0.25) is 0 Å². The van der Waals surface area contributed by atoms with Crippen LogP contribution in [-0.2, 0) is 0 Å². The summed E-state index contributed by atoms with van der Waals surface area (Å²) in [4.78, 5) is 14.6. The fourth-order valence-corrected chi connectivity index (χ4v) is 1.22. The molecule has 2 aromatic heterocycles. The van der Waals surface area contributed by atoms with Crippen LogP contribution in [0.4, 0.5) is 10.2 Å². The number of rotatable bonds is 1. The van der Waals surface area contributed by atoms with Gasteiger partial charge in [-0.25, -0.2) is 9.37 Å². The molecular weight excluding hydrogens is 187 g/mol. The van der Waals surface area contributed by atoms with Crippen molar-refractivity contribution in [3.63, 3.8) is 0 Å². The van der Waals surface area contributed by atoms with Crippen molar-refractivity contribution < 1.29 is 9.18 Å². The summed E-state index contributed by atoms with van der Waals surface area (Å²) in [5.41, 5.74) is 10.8. The fourth-order valence-electron chi connectivity index (χ4n) is 1.22. The van der Waals surface area contributed by atoms with Crippen LogP contribution in [0, 0.1) is 5.82 Å². The van der Waals surface area contributed by atoms with Crippen LogP contribution in [0.25, 0.3) is 5.65 Å². The van der Waals surface area contributed by atoms with Gasteiger partial charge in [0, 0.05) is 12.3 Å². The number of hydrogen-bond acceptors (Lipinski definition) is 3. The maximum Gasteiger partial charge on any atom is 0.271 e. The first-order valence-corrected chi connectivity index (χ1v) is 3.82. The van der Waals surface area contributed by atoms with E-state index in [0.29, 0.717) is 0 Å². The third-order valence-corrected chi connectivity index (χ3v) is 1.86. The number of nitrogens with zero attached hydrogens (tertiary/aromatic N) is 2. The molecule has 14 heavy (non-hydrogen) atoms. The number of halogens is 1. The third kappa shape index (κ3) is 1.08. The minimum absolute atomic E-state index is 0.0457. The highest BCUT2D eigenvalue weighted by atomic mass is 19.1. The molecule has 0 unspecified atom stereocenters. The number of primary amides is 1. The molecule has 2 heterocycles. The topological polar surface area (TPSA) is 86.4 Å². The van der Waals surface area contributed by atoms with Crippen LogP contribution in [0.1, 0.15) is 10.5 Å². The minimum Gasteiger partial charge on any atom is -0.383 e. The smallest absolute Gasteiger partial charge is 0.271 e. The molecule has 0 radical (unpaired) electrons. The van der Waals surface area contributed by atoms with E-state index in [0.717, 1.165) is 0 Å². The number of anilines is 1. The van der Waals surface area contributed by atoms with Crippen molar-refractivity contribution in [1.82, 2.24) is 9.38 Å². The summed E-state index contributed by atoms with van der Waals surface area (Å²) in [6.07, 6.45) is 1.39. The summed E-state index contributed by atoms with van der Waals surface area (Å²) < 4.78 is 14.2. The summed E-state index contributed by atoms with van der Waals surface area (Å²) in [5.74, 6) is -1.06. The van der Waals surface area contributed by atoms with E-state index < -0.39 is 11.7 Å². The van der Waals surface area contributed by atoms with E-state index in [1.807, 2.05) is 0 Å². The average Bonchev–Trinajstić information content (AvgIpc) is 2.43. The molecule has 0 atom stereocenters. The van der Waals surface area contributed by atoms with Crippen LogP contribution in [0.2, 0.25) is 0 Å². The zero-order valence-electron chi connectivity index (χ0n) is 7.07. The molecule has 4 N–H and O–H groups in total. The molecular formula is C8H7FN4O. The summed E-state index contributed by atoms with van der Waals surface area (Å²) in [5, 5.41) is 0. The van der Waals surface area contributed by atoms with E-state index in [1.165, 1.54) is 22.7 Å². The van der Waals surface area contributed by atoms with E-state index in [1.54, 1.807) is 0 Å². The Bertz CT molecular complexity index is 519. The van der Waals surface area contributed by atoms with Crippen LogP contribution in [-0.4, -0.2) is 15.3 Å². The number of nitrogens with two attached hydrogens (primary N) is 2. The Hall–Kier alpha value is -2.11. The van der Waals surface area contributed by atoms with Gasteiger partial charge in [0.25, 0.3) is 5.91 Å². The first-order chi connectivity index (χ1) is 6.59. The van der Waals surface area contributed by atoms with Gasteiger partial charge in [-0.2, -0.15) is 0 Å². The monoisotopic (exact) mass is 194 g/mol. The summed E-state index contributed by atoms with van der Waals surface area (Å²) in [6, 6.07) is 2.39. The largest absolute Gasteiger partial charge is 0.383 e. The number of pyridine rings is 1. The minimum atomic E-state index is -0.730. The number of amides is 1. The first-order valence-electron chi connectivity index (χ1n) is 3.82. The molecule has 0 spiro atoms. The summed E-state index contributed by atoms with van der Waals surface area (Å²) >= 11 is 0. The second-order valence-electron chi connectivity index (χ2n) is 2.78. The number of fused-ring (bicyclic) bond motifs is 1. The summed E-state index contributed by atoms with van der Waals surface area (Å²) in [7, 11) is 0. The number of carbonyl (C=O) groups is 1. The Morgan fingerprint density at radius 3 is 2.93 bits per heavy atom. The average molecular weight is 194 g/mol. The SMILES string of the molecule is NC(=O)c1nc2cc(F)ccn2c1N. The van der Waals surface area contributed by atoms with E-state index >= 15 is 0 Å². The van der Waals surface area contributed by atoms with Crippen molar-refractivity contribution >= 4 is 17.4 Å². The molecule has 2 aromatic rings. The van der Waals surface area contributed by atoms with Gasteiger partial charge >= 0.3 is 0 Å². The van der Waals surface area contributed by atoms with E-state index in [4.69, 9.17) is 11.5 Å². The highest BCUT2D eigenvalue weighted by Gasteiger charge is 2.13. The molecule has 0 fully saturated rings. The second kappa shape index (κ2) is 2.69. The van der Waals surface area contributed by atoms with E-state index in [2.05, 4.69) is 4.98 Å². The Morgan fingerprint density at radius 2 is 2.29 bits per heavy atom. The molecule has 0 aromatic carbocycles. The third-order valence-electron chi connectivity index (χ3n) is 1.86. The first kappa shape index (κ1) is 8.49. The lowest BCUT2D eigenvalue weighted by molar-refractivity contribution is 0.0997. The van der Waals surface area contributed by atoms with Crippen molar-refractivity contribution in [2.45, 2.75) is 0 Å². The van der Waals surface area contributed by atoms with Gasteiger partial charge in [-0.1, -0.05) is 0 Å². The number of hydrogen-bond donors (Lipinski definition) is 2. The second-order valence-corrected chi connectivity index (χ2v) is 2.78. The van der Waals surface area contributed by atoms with Crippen molar-refractivity contribution in [2.24, 2.45) is 5.73 Å². The van der Waals surface area contributed by atoms with Crippen LogP contribution in [0.15, 0.2) is 18.3 Å². The van der Waals surface area contributed by atoms with Gasteiger partial charge in [0.15, 0.2) is 5.69 Å². The summed E-state index contributed by atoms with van der Waals surface area (Å²) in [6.45, 7) is 0. The van der Waals surface area contributed by atoms with Crippen molar-refractivity contribution in [3.8, 4) is 0 Å². The highest BCUT2D eigenvalue weighted by molar-refractivity contribution is 5.96. The molecule has 5 nitrogen and oxygen atoms in total. The van der Waals surface area contributed by atoms with Gasteiger partial charge in [-0.15, -0.1) is 0 Å². The van der Waals surface area contributed by atoms with Gasteiger partial charge in [-0.3, -0.25) is 9.20 Å². The Labute approximate surface area is 78.1 Å². The van der Waals surface area contributed by atoms with Gasteiger partial charge in [0.1, 0.15) is 17.3 Å². The molecule has 0 saturated carbocycles. The molecule has 0 aliphatic rings. The number of aromatic nitrogens is 2. The molecule has 6 heteroatoms. The molecule has 72 valence electrons. The zero-order chi connectivity index (χ0) is 10.3. The van der Waals surface area contributed by atoms with Crippen LogP contribution >= 0.6 is 0 Å².